The van der Waals surface area contributed by atoms with Crippen LogP contribution in [0.1, 0.15) is 6.92 Å². The Morgan fingerprint density at radius 2 is 2.27 bits per heavy atom. The summed E-state index contributed by atoms with van der Waals surface area (Å²) < 4.78 is 1.66. The molecule has 2 aromatic heterocycles. The van der Waals surface area contributed by atoms with Crippen molar-refractivity contribution < 1.29 is 9.90 Å². The van der Waals surface area contributed by atoms with Gasteiger partial charge >= 0.3 is 0 Å². The molecule has 0 aliphatic carbocycles. The molecule has 0 aromatic carbocycles. The van der Waals surface area contributed by atoms with Crippen molar-refractivity contribution in [2.75, 3.05) is 18.5 Å². The van der Waals surface area contributed by atoms with E-state index in [4.69, 9.17) is 16.6 Å². The van der Waals surface area contributed by atoms with Gasteiger partial charge < -0.3 is 26.5 Å². The monoisotopic (exact) mass is 305 g/mol. The highest BCUT2D eigenvalue weighted by Gasteiger charge is 2.14. The molecule has 0 bridgehead atoms. The molecular weight excluding hydrogens is 286 g/mol. The van der Waals surface area contributed by atoms with Gasteiger partial charge in [-0.2, -0.15) is 0 Å². The van der Waals surface area contributed by atoms with E-state index in [-0.39, 0.29) is 13.2 Å². The van der Waals surface area contributed by atoms with E-state index >= 15 is 0 Å². The van der Waals surface area contributed by atoms with Crippen LogP contribution in [0.3, 0.4) is 0 Å². The lowest BCUT2D eigenvalue weighted by Gasteiger charge is -2.09. The fraction of sp³-hybridized carbons (Fsp3) is 0.385. The Morgan fingerprint density at radius 1 is 1.50 bits per heavy atom. The molecule has 1 amide bonds. The molecule has 0 saturated heterocycles. The minimum absolute atomic E-state index is 0.0144. The molecule has 0 aliphatic rings. The maximum atomic E-state index is 11.1. The largest absolute Gasteiger partial charge is 0.392 e. The summed E-state index contributed by atoms with van der Waals surface area (Å²) in [5, 5.41) is 12.1. The first-order chi connectivity index (χ1) is 10.5. The lowest BCUT2D eigenvalue weighted by molar-refractivity contribution is -0.119. The Kier molecular flexibility index (Phi) is 5.02. The van der Waals surface area contributed by atoms with Crippen LogP contribution in [0.25, 0.3) is 11.2 Å². The average molecular weight is 305 g/mol. The Morgan fingerprint density at radius 3 is 2.95 bits per heavy atom. The molecule has 118 valence electrons. The number of aliphatic hydroxyl groups is 1. The predicted molar refractivity (Wildman–Crippen MR) is 81.8 cm³/mol. The Bertz CT molecular complexity index is 695. The molecule has 0 spiro atoms. The molecule has 0 aliphatic heterocycles. The first kappa shape index (κ1) is 15.9. The van der Waals surface area contributed by atoms with Gasteiger partial charge in [0.25, 0.3) is 0 Å². The highest BCUT2D eigenvalue weighted by atomic mass is 16.3. The molecule has 9 nitrogen and oxygen atoms in total. The van der Waals surface area contributed by atoms with E-state index in [1.807, 2.05) is 13.0 Å². The normalized spacial score (nSPS) is 13.3. The van der Waals surface area contributed by atoms with Crippen LogP contribution in [-0.2, 0) is 11.3 Å². The summed E-state index contributed by atoms with van der Waals surface area (Å²) in [4.78, 5) is 23.6. The van der Waals surface area contributed by atoms with Crippen molar-refractivity contribution in [2.45, 2.75) is 19.5 Å². The fourth-order valence-corrected chi connectivity index (χ4v) is 1.83. The van der Waals surface area contributed by atoms with Gasteiger partial charge in [-0.15, -0.1) is 0 Å². The van der Waals surface area contributed by atoms with Crippen LogP contribution in [0.5, 0.6) is 0 Å². The second-order valence-corrected chi connectivity index (χ2v) is 4.89. The number of anilines is 1. The first-order valence-electron chi connectivity index (χ1n) is 6.74. The van der Waals surface area contributed by atoms with E-state index < -0.39 is 11.9 Å². The van der Waals surface area contributed by atoms with E-state index in [9.17, 15) is 4.79 Å². The standard InChI is InChI=1S/C13H19N7O2/c1-8(5-21)2-3-16-12-10-13(18-6-17-12)20(7-19-10)4-9(14)11(15)22/h2,6-7,9,21H,3-5,14H2,1H3,(H2,15,22)(H,16,17,18)/b8-2+. The van der Waals surface area contributed by atoms with E-state index in [0.717, 1.165) is 5.57 Å². The van der Waals surface area contributed by atoms with E-state index in [1.165, 1.54) is 6.33 Å². The van der Waals surface area contributed by atoms with Gasteiger partial charge in [0.15, 0.2) is 11.5 Å². The summed E-state index contributed by atoms with van der Waals surface area (Å²) in [5.41, 5.74) is 12.8. The van der Waals surface area contributed by atoms with Gasteiger partial charge in [0.05, 0.1) is 12.9 Å². The van der Waals surface area contributed by atoms with Crippen LogP contribution >= 0.6 is 0 Å². The SMILES string of the molecule is C/C(=C\CNc1ncnc2c1ncn2CC(N)C(N)=O)CO. The van der Waals surface area contributed by atoms with Crippen LogP contribution in [0.4, 0.5) is 5.82 Å². The molecule has 9 heteroatoms. The number of amides is 1. The molecule has 22 heavy (non-hydrogen) atoms. The maximum absolute atomic E-state index is 11.1. The highest BCUT2D eigenvalue weighted by Crippen LogP contribution is 2.17. The molecule has 1 atom stereocenters. The van der Waals surface area contributed by atoms with Crippen molar-refractivity contribution in [3.05, 3.63) is 24.3 Å². The van der Waals surface area contributed by atoms with Crippen LogP contribution in [0.2, 0.25) is 0 Å². The third kappa shape index (κ3) is 3.57. The lowest BCUT2D eigenvalue weighted by atomic mass is 10.3. The van der Waals surface area contributed by atoms with Gasteiger partial charge in [0.1, 0.15) is 17.9 Å². The zero-order valence-electron chi connectivity index (χ0n) is 12.2. The molecule has 0 fully saturated rings. The smallest absolute Gasteiger partial charge is 0.236 e. The van der Waals surface area contributed by atoms with Gasteiger partial charge in [-0.3, -0.25) is 4.79 Å². The number of aromatic nitrogens is 4. The molecule has 2 aromatic rings. The van der Waals surface area contributed by atoms with Crippen LogP contribution < -0.4 is 16.8 Å². The second kappa shape index (κ2) is 6.96. The summed E-state index contributed by atoms with van der Waals surface area (Å²) >= 11 is 0. The number of fused-ring (bicyclic) bond motifs is 1. The highest BCUT2D eigenvalue weighted by molar-refractivity contribution is 5.83. The van der Waals surface area contributed by atoms with Gasteiger partial charge in [-0.25, -0.2) is 15.0 Å². The van der Waals surface area contributed by atoms with Crippen LogP contribution in [0, 0.1) is 0 Å². The molecule has 0 radical (unpaired) electrons. The van der Waals surface area contributed by atoms with Crippen molar-refractivity contribution in [1.82, 2.24) is 19.5 Å². The van der Waals surface area contributed by atoms with Gasteiger partial charge in [-0.05, 0) is 6.92 Å². The molecule has 2 heterocycles. The number of primary amides is 1. The third-order valence-electron chi connectivity index (χ3n) is 3.13. The number of imidazole rings is 1. The van der Waals surface area contributed by atoms with Gasteiger partial charge in [-0.1, -0.05) is 11.6 Å². The Labute approximate surface area is 127 Å². The van der Waals surface area contributed by atoms with Crippen LogP contribution in [-0.4, -0.2) is 49.7 Å². The molecule has 6 N–H and O–H groups in total. The number of nitrogens with one attached hydrogen (secondary N) is 1. The zero-order chi connectivity index (χ0) is 16.1. The number of hydrogen-bond donors (Lipinski definition) is 4. The minimum atomic E-state index is -0.807. The Balaban J connectivity index is 2.20. The molecular formula is C13H19N7O2. The summed E-state index contributed by atoms with van der Waals surface area (Å²) in [6.07, 6.45) is 4.80. The van der Waals surface area contributed by atoms with Crippen molar-refractivity contribution in [2.24, 2.45) is 11.5 Å². The van der Waals surface area contributed by atoms with E-state index in [1.54, 1.807) is 10.9 Å². The topological polar surface area (TPSA) is 145 Å². The van der Waals surface area contributed by atoms with Gasteiger partial charge in [0.2, 0.25) is 5.91 Å². The average Bonchev–Trinajstić information content (AvgIpc) is 2.91. The van der Waals surface area contributed by atoms with Crippen LogP contribution in [0.15, 0.2) is 24.3 Å². The molecule has 1 unspecified atom stereocenters. The number of rotatable bonds is 7. The van der Waals surface area contributed by atoms with Crippen molar-refractivity contribution in [3.8, 4) is 0 Å². The molecule has 2 rings (SSSR count). The summed E-state index contributed by atoms with van der Waals surface area (Å²) in [6, 6.07) is -0.807. The van der Waals surface area contributed by atoms with Crippen molar-refractivity contribution in [1.29, 1.82) is 0 Å². The predicted octanol–water partition coefficient (Wildman–Crippen LogP) is -1.01. The number of nitrogens with zero attached hydrogens (tertiary/aromatic N) is 4. The Hall–Kier alpha value is -2.52. The van der Waals surface area contributed by atoms with Gasteiger partial charge in [0, 0.05) is 13.1 Å². The van der Waals surface area contributed by atoms with E-state index in [0.29, 0.717) is 23.5 Å². The second-order valence-electron chi connectivity index (χ2n) is 4.89. The maximum Gasteiger partial charge on any atom is 0.236 e. The summed E-state index contributed by atoms with van der Waals surface area (Å²) in [5.74, 6) is -0.0164. The number of hydrogen-bond acceptors (Lipinski definition) is 7. The zero-order valence-corrected chi connectivity index (χ0v) is 12.2. The van der Waals surface area contributed by atoms with Crippen molar-refractivity contribution >= 4 is 22.9 Å². The lowest BCUT2D eigenvalue weighted by Crippen LogP contribution is -2.39. The summed E-state index contributed by atoms with van der Waals surface area (Å²) in [7, 11) is 0. The minimum Gasteiger partial charge on any atom is -0.392 e. The number of carbonyl (C=O) groups is 1. The fourth-order valence-electron chi connectivity index (χ4n) is 1.83. The summed E-state index contributed by atoms with van der Waals surface area (Å²) in [6.45, 7) is 2.55. The quantitative estimate of drug-likeness (QED) is 0.479. The third-order valence-corrected chi connectivity index (χ3v) is 3.13. The number of nitrogens with two attached hydrogens (primary N) is 2. The first-order valence-corrected chi connectivity index (χ1v) is 6.74. The molecule has 0 saturated carbocycles. The van der Waals surface area contributed by atoms with E-state index in [2.05, 4.69) is 20.3 Å². The van der Waals surface area contributed by atoms with Crippen molar-refractivity contribution in [3.63, 3.8) is 0 Å². The number of aliphatic hydroxyl groups excluding tert-OH is 1. The number of carbonyl (C=O) groups excluding carboxylic acids is 1.